The van der Waals surface area contributed by atoms with Crippen molar-refractivity contribution >= 4 is 18.9 Å². The second kappa shape index (κ2) is 6.69. The van der Waals surface area contributed by atoms with Gasteiger partial charge in [0.1, 0.15) is 0 Å². The van der Waals surface area contributed by atoms with Crippen molar-refractivity contribution in [3.63, 3.8) is 0 Å². The quantitative estimate of drug-likeness (QED) is 0.770. The Kier molecular flexibility index (Phi) is 5.54. The summed E-state index contributed by atoms with van der Waals surface area (Å²) in [6, 6.07) is 6.50. The minimum atomic E-state index is -3.33. The van der Waals surface area contributed by atoms with Gasteiger partial charge in [-0.3, -0.25) is 9.36 Å². The maximum absolute atomic E-state index is 12.5. The second-order valence-corrected chi connectivity index (χ2v) is 5.60. The van der Waals surface area contributed by atoms with E-state index in [1.54, 1.807) is 38.1 Å². The van der Waals surface area contributed by atoms with Gasteiger partial charge in [-0.15, -0.1) is 0 Å². The third-order valence-corrected chi connectivity index (χ3v) is 4.29. The maximum atomic E-state index is 12.5. The van der Waals surface area contributed by atoms with Crippen LogP contribution in [0.4, 0.5) is 0 Å². The monoisotopic (exact) mass is 272 g/mol. The highest BCUT2D eigenvalue weighted by Crippen LogP contribution is 2.46. The van der Waals surface area contributed by atoms with Crippen LogP contribution in [0.25, 0.3) is 0 Å². The molecule has 5 nitrogen and oxygen atoms in total. The van der Waals surface area contributed by atoms with Gasteiger partial charge in [0, 0.05) is 0 Å². The molecule has 0 aliphatic carbocycles. The van der Waals surface area contributed by atoms with Crippen LogP contribution in [0.3, 0.4) is 0 Å². The van der Waals surface area contributed by atoms with Crippen molar-refractivity contribution < 1.29 is 23.5 Å². The molecule has 100 valence electrons. The second-order valence-electron chi connectivity index (χ2n) is 3.57. The third-order valence-electron chi connectivity index (χ3n) is 2.18. The zero-order valence-corrected chi connectivity index (χ0v) is 11.4. The van der Waals surface area contributed by atoms with E-state index >= 15 is 0 Å². The molecule has 18 heavy (non-hydrogen) atoms. The molecule has 0 atom stereocenters. The molecular weight excluding hydrogens is 255 g/mol. The van der Waals surface area contributed by atoms with E-state index in [9.17, 15) is 9.36 Å². The van der Waals surface area contributed by atoms with Gasteiger partial charge in [0.15, 0.2) is 0 Å². The van der Waals surface area contributed by atoms with E-state index in [0.29, 0.717) is 10.9 Å². The van der Waals surface area contributed by atoms with Crippen molar-refractivity contribution in [2.75, 3.05) is 13.2 Å². The van der Waals surface area contributed by atoms with Crippen molar-refractivity contribution in [3.05, 3.63) is 29.8 Å². The van der Waals surface area contributed by atoms with E-state index in [0.717, 1.165) is 0 Å². The number of carboxylic acid groups (broad SMARTS) is 1. The smallest absolute Gasteiger partial charge is 0.361 e. The molecule has 0 aliphatic heterocycles. The fraction of sp³-hybridized carbons (Fsp3) is 0.417. The summed E-state index contributed by atoms with van der Waals surface area (Å²) >= 11 is 0. The summed E-state index contributed by atoms with van der Waals surface area (Å²) in [6.07, 6.45) is -0.119. The van der Waals surface area contributed by atoms with Crippen LogP contribution in [0, 0.1) is 0 Å². The number of aliphatic carboxylic acids is 1. The molecule has 0 aromatic heterocycles. The van der Waals surface area contributed by atoms with Gasteiger partial charge in [0.2, 0.25) is 0 Å². The fourth-order valence-corrected chi connectivity index (χ4v) is 3.18. The zero-order chi connectivity index (χ0) is 13.6. The summed E-state index contributed by atoms with van der Waals surface area (Å²) in [5.41, 5.74) is 0.569. The van der Waals surface area contributed by atoms with Crippen LogP contribution < -0.4 is 5.30 Å². The van der Waals surface area contributed by atoms with E-state index in [1.807, 2.05) is 0 Å². The topological polar surface area (TPSA) is 72.8 Å². The summed E-state index contributed by atoms with van der Waals surface area (Å²) in [5.74, 6) is -0.935. The van der Waals surface area contributed by atoms with Gasteiger partial charge in [-0.25, -0.2) is 0 Å². The van der Waals surface area contributed by atoms with Crippen molar-refractivity contribution in [1.29, 1.82) is 0 Å². The molecule has 1 aromatic carbocycles. The first-order valence-electron chi connectivity index (χ1n) is 5.72. The lowest BCUT2D eigenvalue weighted by Gasteiger charge is -2.17. The Morgan fingerprint density at radius 2 is 1.89 bits per heavy atom. The third kappa shape index (κ3) is 3.95. The Morgan fingerprint density at radius 1 is 1.28 bits per heavy atom. The lowest BCUT2D eigenvalue weighted by molar-refractivity contribution is -0.136. The van der Waals surface area contributed by atoms with E-state index in [2.05, 4.69) is 0 Å². The number of benzene rings is 1. The Morgan fingerprint density at radius 3 is 2.39 bits per heavy atom. The standard InChI is InChI=1S/C12H17O5P/c1-3-16-18(15,17-4-2)11-7-5-6-10(8-11)9-12(13)14/h5-8H,3-4,9H2,1-2H3,(H,13,14). The van der Waals surface area contributed by atoms with Gasteiger partial charge < -0.3 is 14.2 Å². The van der Waals surface area contributed by atoms with Gasteiger partial charge >= 0.3 is 13.6 Å². The minimum Gasteiger partial charge on any atom is -0.481 e. The van der Waals surface area contributed by atoms with Crippen molar-refractivity contribution in [1.82, 2.24) is 0 Å². The summed E-state index contributed by atoms with van der Waals surface area (Å²) in [5, 5.41) is 9.13. The number of hydrogen-bond acceptors (Lipinski definition) is 4. The molecule has 0 saturated carbocycles. The van der Waals surface area contributed by atoms with Gasteiger partial charge in [-0.05, 0) is 31.5 Å². The molecule has 0 saturated heterocycles. The molecule has 0 unspecified atom stereocenters. The lowest BCUT2D eigenvalue weighted by atomic mass is 10.2. The lowest BCUT2D eigenvalue weighted by Crippen LogP contribution is -2.12. The Hall–Kier alpha value is -1.16. The van der Waals surface area contributed by atoms with Crippen LogP contribution in [0.15, 0.2) is 24.3 Å². The molecule has 0 fully saturated rings. The summed E-state index contributed by atoms with van der Waals surface area (Å²) in [7, 11) is -3.33. The van der Waals surface area contributed by atoms with Gasteiger partial charge in [0.25, 0.3) is 0 Å². The highest BCUT2D eigenvalue weighted by Gasteiger charge is 2.26. The molecule has 0 bridgehead atoms. The first-order chi connectivity index (χ1) is 8.51. The van der Waals surface area contributed by atoms with Crippen molar-refractivity contribution in [2.45, 2.75) is 20.3 Å². The predicted octanol–water partition coefficient (Wildman–Crippen LogP) is 2.21. The molecular formula is C12H17O5P. The molecule has 6 heteroatoms. The number of rotatable bonds is 7. The van der Waals surface area contributed by atoms with Crippen LogP contribution in [0.2, 0.25) is 0 Å². The van der Waals surface area contributed by atoms with E-state index < -0.39 is 13.6 Å². The van der Waals surface area contributed by atoms with Crippen LogP contribution in [0.1, 0.15) is 19.4 Å². The Labute approximate surface area is 106 Å². The molecule has 1 N–H and O–H groups in total. The first-order valence-corrected chi connectivity index (χ1v) is 7.26. The average Bonchev–Trinajstić information content (AvgIpc) is 2.29. The molecule has 1 rings (SSSR count). The molecule has 0 aliphatic rings. The van der Waals surface area contributed by atoms with Crippen LogP contribution >= 0.6 is 7.60 Å². The normalized spacial score (nSPS) is 11.4. The number of carboxylic acids is 1. The van der Waals surface area contributed by atoms with Crippen LogP contribution in [-0.4, -0.2) is 24.3 Å². The highest BCUT2D eigenvalue weighted by molar-refractivity contribution is 7.62. The van der Waals surface area contributed by atoms with Crippen molar-refractivity contribution in [2.24, 2.45) is 0 Å². The van der Waals surface area contributed by atoms with E-state index in [-0.39, 0.29) is 19.6 Å². The van der Waals surface area contributed by atoms with Gasteiger partial charge in [-0.1, -0.05) is 12.1 Å². The molecule has 0 heterocycles. The fourth-order valence-electron chi connectivity index (χ4n) is 1.54. The van der Waals surface area contributed by atoms with Gasteiger partial charge in [0.05, 0.1) is 24.9 Å². The van der Waals surface area contributed by atoms with Crippen molar-refractivity contribution in [3.8, 4) is 0 Å². The van der Waals surface area contributed by atoms with Gasteiger partial charge in [-0.2, -0.15) is 0 Å². The highest BCUT2D eigenvalue weighted by atomic mass is 31.2. The molecule has 0 spiro atoms. The SMILES string of the molecule is CCOP(=O)(OCC)c1cccc(CC(=O)O)c1. The first kappa shape index (κ1) is 14.9. The van der Waals surface area contributed by atoms with Crippen LogP contribution in [0.5, 0.6) is 0 Å². The van der Waals surface area contributed by atoms with E-state index in [4.69, 9.17) is 14.2 Å². The average molecular weight is 272 g/mol. The zero-order valence-electron chi connectivity index (χ0n) is 10.5. The Bertz CT molecular complexity index is 448. The number of hydrogen-bond donors (Lipinski definition) is 1. The van der Waals surface area contributed by atoms with Crippen LogP contribution in [-0.2, 0) is 24.8 Å². The molecule has 1 aromatic rings. The van der Waals surface area contributed by atoms with E-state index in [1.165, 1.54) is 0 Å². The summed E-state index contributed by atoms with van der Waals surface area (Å²) < 4.78 is 22.9. The maximum Gasteiger partial charge on any atom is 0.361 e. The summed E-state index contributed by atoms with van der Waals surface area (Å²) in [6.45, 7) is 3.99. The Balaban J connectivity index is 3.05. The number of carbonyl (C=O) groups is 1. The molecule has 0 amide bonds. The largest absolute Gasteiger partial charge is 0.481 e. The molecule has 0 radical (unpaired) electrons. The summed E-state index contributed by atoms with van der Waals surface area (Å²) in [4.78, 5) is 10.6. The minimum absolute atomic E-state index is 0.119. The predicted molar refractivity (Wildman–Crippen MR) is 68.3 cm³/mol.